The van der Waals surface area contributed by atoms with Crippen molar-refractivity contribution in [3.63, 3.8) is 0 Å². The summed E-state index contributed by atoms with van der Waals surface area (Å²) in [5.74, 6) is 0.998. The van der Waals surface area contributed by atoms with Gasteiger partial charge in [0.1, 0.15) is 5.69 Å². The molecular formula is C12H22N4O2. The van der Waals surface area contributed by atoms with E-state index in [1.165, 1.54) is 0 Å². The van der Waals surface area contributed by atoms with E-state index in [0.29, 0.717) is 23.9 Å². The number of anilines is 1. The molecule has 6 heteroatoms. The number of nitrogens with one attached hydrogen (secondary N) is 1. The van der Waals surface area contributed by atoms with Crippen molar-refractivity contribution >= 4 is 11.5 Å². The van der Waals surface area contributed by atoms with E-state index in [1.807, 2.05) is 6.92 Å². The largest absolute Gasteiger partial charge is 0.364 e. The molecule has 0 bridgehead atoms. The van der Waals surface area contributed by atoms with Crippen LogP contribution in [0.2, 0.25) is 0 Å². The highest BCUT2D eigenvalue weighted by atomic mass is 16.6. The summed E-state index contributed by atoms with van der Waals surface area (Å²) in [6.45, 7) is 6.93. The number of rotatable bonds is 7. The zero-order chi connectivity index (χ0) is 13.7. The molecule has 1 unspecified atom stereocenters. The van der Waals surface area contributed by atoms with Gasteiger partial charge in [0.25, 0.3) is 0 Å². The third kappa shape index (κ3) is 3.21. The van der Waals surface area contributed by atoms with Crippen LogP contribution in [0.4, 0.5) is 11.5 Å². The van der Waals surface area contributed by atoms with Crippen LogP contribution in [0.25, 0.3) is 0 Å². The molecule has 0 fully saturated rings. The molecular weight excluding hydrogens is 232 g/mol. The van der Waals surface area contributed by atoms with Crippen LogP contribution in [0.5, 0.6) is 0 Å². The standard InChI is InChI=1S/C12H22N4O2/c1-5-7-10-11(16(17)18)12(15(4)14-10)13-8-9(3)6-2/h9,13H,5-8H2,1-4H3. The van der Waals surface area contributed by atoms with Gasteiger partial charge in [0, 0.05) is 13.6 Å². The first-order valence-corrected chi connectivity index (χ1v) is 6.45. The summed E-state index contributed by atoms with van der Waals surface area (Å²) in [6.07, 6.45) is 2.53. The summed E-state index contributed by atoms with van der Waals surface area (Å²) >= 11 is 0. The first-order chi connectivity index (χ1) is 8.51. The minimum absolute atomic E-state index is 0.127. The summed E-state index contributed by atoms with van der Waals surface area (Å²) < 4.78 is 1.57. The second kappa shape index (κ2) is 6.37. The van der Waals surface area contributed by atoms with Crippen LogP contribution in [-0.4, -0.2) is 21.2 Å². The van der Waals surface area contributed by atoms with Gasteiger partial charge in [-0.05, 0) is 12.3 Å². The number of hydrogen-bond acceptors (Lipinski definition) is 4. The maximum absolute atomic E-state index is 11.2. The van der Waals surface area contributed by atoms with Crippen molar-refractivity contribution in [3.8, 4) is 0 Å². The van der Waals surface area contributed by atoms with Gasteiger partial charge in [-0.2, -0.15) is 5.10 Å². The topological polar surface area (TPSA) is 73.0 Å². The SMILES string of the molecule is CCCc1nn(C)c(NCC(C)CC)c1[N+](=O)[O-]. The number of nitro groups is 1. The predicted molar refractivity (Wildman–Crippen MR) is 71.8 cm³/mol. The summed E-state index contributed by atoms with van der Waals surface area (Å²) in [4.78, 5) is 10.8. The second-order valence-electron chi connectivity index (χ2n) is 4.67. The van der Waals surface area contributed by atoms with E-state index < -0.39 is 0 Å². The first kappa shape index (κ1) is 14.5. The van der Waals surface area contributed by atoms with Gasteiger partial charge in [-0.25, -0.2) is 4.68 Å². The number of hydrogen-bond donors (Lipinski definition) is 1. The predicted octanol–water partition coefficient (Wildman–Crippen LogP) is 2.74. The number of nitrogens with zero attached hydrogens (tertiary/aromatic N) is 3. The Balaban J connectivity index is 2.98. The van der Waals surface area contributed by atoms with Gasteiger partial charge in [-0.1, -0.05) is 33.6 Å². The van der Waals surface area contributed by atoms with Crippen LogP contribution in [-0.2, 0) is 13.5 Å². The van der Waals surface area contributed by atoms with Gasteiger partial charge in [-0.15, -0.1) is 0 Å². The molecule has 0 aliphatic heterocycles. The van der Waals surface area contributed by atoms with Crippen molar-refractivity contribution < 1.29 is 4.92 Å². The lowest BCUT2D eigenvalue weighted by molar-refractivity contribution is -0.384. The highest BCUT2D eigenvalue weighted by Crippen LogP contribution is 2.29. The Morgan fingerprint density at radius 3 is 2.67 bits per heavy atom. The fourth-order valence-corrected chi connectivity index (χ4v) is 1.78. The first-order valence-electron chi connectivity index (χ1n) is 6.45. The molecule has 18 heavy (non-hydrogen) atoms. The van der Waals surface area contributed by atoms with Crippen molar-refractivity contribution in [2.75, 3.05) is 11.9 Å². The van der Waals surface area contributed by atoms with E-state index in [1.54, 1.807) is 11.7 Å². The van der Waals surface area contributed by atoms with Crippen LogP contribution in [0.15, 0.2) is 0 Å². The zero-order valence-corrected chi connectivity index (χ0v) is 11.6. The molecule has 0 aliphatic rings. The number of aryl methyl sites for hydroxylation is 2. The Kier molecular flexibility index (Phi) is 5.12. The summed E-state index contributed by atoms with van der Waals surface area (Å²) in [7, 11) is 1.74. The molecule has 0 saturated carbocycles. The molecule has 6 nitrogen and oxygen atoms in total. The third-order valence-corrected chi connectivity index (χ3v) is 3.08. The Bertz CT molecular complexity index is 414. The van der Waals surface area contributed by atoms with Gasteiger partial charge in [0.2, 0.25) is 5.82 Å². The summed E-state index contributed by atoms with van der Waals surface area (Å²) in [5, 5.41) is 18.5. The minimum Gasteiger partial charge on any atom is -0.364 e. The van der Waals surface area contributed by atoms with Crippen LogP contribution in [0, 0.1) is 16.0 Å². The monoisotopic (exact) mass is 254 g/mol. The molecule has 0 aromatic carbocycles. The van der Waals surface area contributed by atoms with Crippen LogP contribution in [0.1, 0.15) is 39.3 Å². The molecule has 0 radical (unpaired) electrons. The molecule has 1 atom stereocenters. The Morgan fingerprint density at radius 1 is 1.50 bits per heavy atom. The fraction of sp³-hybridized carbons (Fsp3) is 0.750. The molecule has 1 aromatic rings. The van der Waals surface area contributed by atoms with E-state index in [4.69, 9.17) is 0 Å². The lowest BCUT2D eigenvalue weighted by Crippen LogP contribution is -2.13. The van der Waals surface area contributed by atoms with Gasteiger partial charge in [0.05, 0.1) is 4.92 Å². The second-order valence-corrected chi connectivity index (χ2v) is 4.67. The number of aromatic nitrogens is 2. The summed E-state index contributed by atoms with van der Waals surface area (Å²) in [6, 6.07) is 0. The molecule has 0 amide bonds. The lowest BCUT2D eigenvalue weighted by Gasteiger charge is -2.10. The van der Waals surface area contributed by atoms with E-state index in [9.17, 15) is 10.1 Å². The lowest BCUT2D eigenvalue weighted by atomic mass is 10.1. The van der Waals surface area contributed by atoms with Crippen LogP contribution < -0.4 is 5.32 Å². The van der Waals surface area contributed by atoms with Crippen LogP contribution >= 0.6 is 0 Å². The van der Waals surface area contributed by atoms with Crippen molar-refractivity contribution in [3.05, 3.63) is 15.8 Å². The Hall–Kier alpha value is -1.59. The zero-order valence-electron chi connectivity index (χ0n) is 11.6. The smallest absolute Gasteiger partial charge is 0.333 e. The normalized spacial score (nSPS) is 12.4. The quantitative estimate of drug-likeness (QED) is 0.599. The maximum Gasteiger partial charge on any atom is 0.333 e. The Labute approximate surface area is 108 Å². The van der Waals surface area contributed by atoms with Gasteiger partial charge < -0.3 is 5.32 Å². The van der Waals surface area contributed by atoms with Gasteiger partial charge >= 0.3 is 5.69 Å². The highest BCUT2D eigenvalue weighted by Gasteiger charge is 2.25. The minimum atomic E-state index is -0.336. The highest BCUT2D eigenvalue weighted by molar-refractivity contribution is 5.59. The molecule has 0 spiro atoms. The molecule has 1 N–H and O–H groups in total. The van der Waals surface area contributed by atoms with E-state index in [0.717, 1.165) is 19.4 Å². The fourth-order valence-electron chi connectivity index (χ4n) is 1.78. The van der Waals surface area contributed by atoms with E-state index in [2.05, 4.69) is 24.3 Å². The Morgan fingerprint density at radius 2 is 2.17 bits per heavy atom. The maximum atomic E-state index is 11.2. The van der Waals surface area contributed by atoms with Gasteiger partial charge in [-0.3, -0.25) is 10.1 Å². The molecule has 0 aliphatic carbocycles. The van der Waals surface area contributed by atoms with E-state index >= 15 is 0 Å². The molecule has 1 rings (SSSR count). The molecule has 1 heterocycles. The van der Waals surface area contributed by atoms with Crippen molar-refractivity contribution in [1.82, 2.24) is 9.78 Å². The summed E-state index contributed by atoms with van der Waals surface area (Å²) in [5.41, 5.74) is 0.694. The third-order valence-electron chi connectivity index (χ3n) is 3.08. The molecule has 1 aromatic heterocycles. The van der Waals surface area contributed by atoms with Crippen molar-refractivity contribution in [2.24, 2.45) is 13.0 Å². The molecule has 102 valence electrons. The van der Waals surface area contributed by atoms with E-state index in [-0.39, 0.29) is 10.6 Å². The van der Waals surface area contributed by atoms with Gasteiger partial charge in [0.15, 0.2) is 0 Å². The van der Waals surface area contributed by atoms with Crippen molar-refractivity contribution in [1.29, 1.82) is 0 Å². The van der Waals surface area contributed by atoms with Crippen molar-refractivity contribution in [2.45, 2.75) is 40.0 Å². The average molecular weight is 254 g/mol. The van der Waals surface area contributed by atoms with Crippen LogP contribution in [0.3, 0.4) is 0 Å². The average Bonchev–Trinajstić information content (AvgIpc) is 2.63. The molecule has 0 saturated heterocycles.